The molecule has 1 N–H and O–H groups in total. The van der Waals surface area contributed by atoms with Crippen LogP contribution in [-0.2, 0) is 7.05 Å². The summed E-state index contributed by atoms with van der Waals surface area (Å²) in [7, 11) is 1.78. The number of nitrogens with zero attached hydrogens (tertiary/aromatic N) is 5. The highest BCUT2D eigenvalue weighted by molar-refractivity contribution is 9.10. The molecule has 0 radical (unpaired) electrons. The molecule has 1 aliphatic rings. The third-order valence-corrected chi connectivity index (χ3v) is 3.46. The molecule has 2 aromatic heterocycles. The fraction of sp³-hybridized carbons (Fsp3) is 0.333. The highest BCUT2D eigenvalue weighted by Gasteiger charge is 2.30. The lowest BCUT2D eigenvalue weighted by atomic mass is 10.1. The number of rotatable bonds is 3. The minimum atomic E-state index is -0.146. The molecule has 7 nitrogen and oxygen atoms in total. The molecule has 8 heteroatoms. The number of amides is 1. The van der Waals surface area contributed by atoms with E-state index in [1.807, 2.05) is 4.90 Å². The van der Waals surface area contributed by atoms with Crippen molar-refractivity contribution in [1.82, 2.24) is 25.1 Å². The lowest BCUT2D eigenvalue weighted by Gasteiger charge is -2.39. The summed E-state index contributed by atoms with van der Waals surface area (Å²) in [5.74, 6) is 0.531. The molecule has 2 aromatic rings. The Morgan fingerprint density at radius 1 is 1.40 bits per heavy atom. The van der Waals surface area contributed by atoms with Gasteiger partial charge >= 0.3 is 0 Å². The number of nitrogens with one attached hydrogen (secondary N) is 1. The van der Waals surface area contributed by atoms with Crippen molar-refractivity contribution in [3.63, 3.8) is 0 Å². The van der Waals surface area contributed by atoms with Crippen LogP contribution in [0.4, 0.5) is 5.95 Å². The summed E-state index contributed by atoms with van der Waals surface area (Å²) in [6.07, 6.45) is 5.17. The number of carbonyl (C=O) groups excluding carboxylic acids is 1. The average Bonchev–Trinajstić information content (AvgIpc) is 2.81. The first kappa shape index (κ1) is 13.0. The molecule has 1 fully saturated rings. The van der Waals surface area contributed by atoms with Crippen molar-refractivity contribution in [2.75, 3.05) is 18.0 Å². The van der Waals surface area contributed by atoms with Gasteiger partial charge in [0, 0.05) is 38.7 Å². The summed E-state index contributed by atoms with van der Waals surface area (Å²) < 4.78 is 2.46. The van der Waals surface area contributed by atoms with Crippen LogP contribution < -0.4 is 10.2 Å². The molecule has 3 rings (SSSR count). The molecule has 0 aliphatic carbocycles. The van der Waals surface area contributed by atoms with Crippen molar-refractivity contribution in [3.8, 4) is 0 Å². The van der Waals surface area contributed by atoms with Gasteiger partial charge in [-0.1, -0.05) is 0 Å². The maximum atomic E-state index is 11.9. The highest BCUT2D eigenvalue weighted by Crippen LogP contribution is 2.17. The quantitative estimate of drug-likeness (QED) is 0.887. The minimum Gasteiger partial charge on any atom is -0.344 e. The van der Waals surface area contributed by atoms with Crippen LogP contribution in [0.5, 0.6) is 0 Å². The molecular weight excluding hydrogens is 324 g/mol. The number of anilines is 1. The van der Waals surface area contributed by atoms with Crippen molar-refractivity contribution >= 4 is 27.8 Å². The molecule has 3 heterocycles. The van der Waals surface area contributed by atoms with Gasteiger partial charge in [0.2, 0.25) is 5.95 Å². The van der Waals surface area contributed by atoms with E-state index < -0.39 is 0 Å². The Kier molecular flexibility index (Phi) is 3.39. The Labute approximate surface area is 124 Å². The van der Waals surface area contributed by atoms with Gasteiger partial charge in [0.1, 0.15) is 5.69 Å². The molecule has 104 valence electrons. The molecule has 0 unspecified atom stereocenters. The van der Waals surface area contributed by atoms with Crippen molar-refractivity contribution in [2.24, 2.45) is 7.05 Å². The van der Waals surface area contributed by atoms with Gasteiger partial charge in [0.25, 0.3) is 5.91 Å². The fourth-order valence-corrected chi connectivity index (χ4v) is 2.20. The zero-order valence-electron chi connectivity index (χ0n) is 10.8. The first-order valence-electron chi connectivity index (χ1n) is 6.15. The zero-order chi connectivity index (χ0) is 14.1. The van der Waals surface area contributed by atoms with E-state index in [1.54, 1.807) is 36.4 Å². The summed E-state index contributed by atoms with van der Waals surface area (Å²) >= 11 is 3.30. The van der Waals surface area contributed by atoms with E-state index in [9.17, 15) is 4.79 Å². The van der Waals surface area contributed by atoms with Gasteiger partial charge < -0.3 is 10.2 Å². The average molecular weight is 337 g/mol. The largest absolute Gasteiger partial charge is 0.344 e. The van der Waals surface area contributed by atoms with E-state index in [1.165, 1.54) is 0 Å². The third-order valence-electron chi connectivity index (χ3n) is 3.05. The van der Waals surface area contributed by atoms with Crippen LogP contribution in [0, 0.1) is 0 Å². The second kappa shape index (κ2) is 5.20. The van der Waals surface area contributed by atoms with Gasteiger partial charge in [-0.3, -0.25) is 9.48 Å². The molecule has 1 aliphatic heterocycles. The van der Waals surface area contributed by atoms with Crippen LogP contribution in [0.2, 0.25) is 0 Å². The smallest absolute Gasteiger partial charge is 0.272 e. The topological polar surface area (TPSA) is 75.9 Å². The Morgan fingerprint density at radius 2 is 2.10 bits per heavy atom. The lowest BCUT2D eigenvalue weighted by Crippen LogP contribution is -2.60. The van der Waals surface area contributed by atoms with Crippen molar-refractivity contribution in [2.45, 2.75) is 6.04 Å². The monoisotopic (exact) mass is 336 g/mol. The van der Waals surface area contributed by atoms with Crippen molar-refractivity contribution in [1.29, 1.82) is 0 Å². The lowest BCUT2D eigenvalue weighted by molar-refractivity contribution is 0.0924. The van der Waals surface area contributed by atoms with Crippen LogP contribution in [-0.4, -0.2) is 44.8 Å². The van der Waals surface area contributed by atoms with Crippen LogP contribution in [0.3, 0.4) is 0 Å². The van der Waals surface area contributed by atoms with Gasteiger partial charge in [-0.05, 0) is 22.0 Å². The molecule has 1 amide bonds. The first-order chi connectivity index (χ1) is 9.61. The van der Waals surface area contributed by atoms with Crippen LogP contribution >= 0.6 is 15.9 Å². The van der Waals surface area contributed by atoms with E-state index in [-0.39, 0.29) is 11.9 Å². The van der Waals surface area contributed by atoms with E-state index in [0.29, 0.717) is 24.7 Å². The maximum Gasteiger partial charge on any atom is 0.272 e. The van der Waals surface area contributed by atoms with Gasteiger partial charge in [-0.2, -0.15) is 5.10 Å². The molecule has 0 aromatic carbocycles. The van der Waals surface area contributed by atoms with E-state index in [0.717, 1.165) is 4.47 Å². The second-order valence-electron chi connectivity index (χ2n) is 4.65. The normalized spacial score (nSPS) is 15.0. The number of aromatic nitrogens is 4. The Hall–Kier alpha value is -1.96. The summed E-state index contributed by atoms with van der Waals surface area (Å²) in [6, 6.07) is 1.81. The van der Waals surface area contributed by atoms with Gasteiger partial charge in [-0.15, -0.1) is 0 Å². The van der Waals surface area contributed by atoms with Gasteiger partial charge in [0.15, 0.2) is 0 Å². The second-order valence-corrected chi connectivity index (χ2v) is 5.57. The van der Waals surface area contributed by atoms with E-state index in [4.69, 9.17) is 0 Å². The first-order valence-corrected chi connectivity index (χ1v) is 6.94. The number of hydrogen-bond acceptors (Lipinski definition) is 5. The summed E-state index contributed by atoms with van der Waals surface area (Å²) in [4.78, 5) is 22.3. The number of hydrogen-bond donors (Lipinski definition) is 1. The van der Waals surface area contributed by atoms with Crippen LogP contribution in [0.1, 0.15) is 10.5 Å². The fourth-order valence-electron chi connectivity index (χ4n) is 2.00. The Morgan fingerprint density at radius 3 is 2.70 bits per heavy atom. The van der Waals surface area contributed by atoms with Crippen molar-refractivity contribution in [3.05, 3.63) is 34.8 Å². The SMILES string of the molecule is Cn1ccc(C(=O)NC2CN(c3ncc(Br)cn3)C2)n1. The minimum absolute atomic E-state index is 0.108. The summed E-state index contributed by atoms with van der Waals surface area (Å²) in [5, 5.41) is 7.01. The van der Waals surface area contributed by atoms with Crippen LogP contribution in [0.25, 0.3) is 0 Å². The summed E-state index contributed by atoms with van der Waals surface area (Å²) in [5.41, 5.74) is 0.436. The molecule has 0 spiro atoms. The Balaban J connectivity index is 1.53. The van der Waals surface area contributed by atoms with Crippen LogP contribution in [0.15, 0.2) is 29.1 Å². The zero-order valence-corrected chi connectivity index (χ0v) is 12.4. The Bertz CT molecular complexity index is 619. The van der Waals surface area contributed by atoms with E-state index in [2.05, 4.69) is 36.3 Å². The highest BCUT2D eigenvalue weighted by atomic mass is 79.9. The number of carbonyl (C=O) groups is 1. The molecular formula is C12H13BrN6O. The standard InChI is InChI=1S/C12H13BrN6O/c1-18-3-2-10(17-18)11(20)16-9-6-19(7-9)12-14-4-8(13)5-15-12/h2-5,9H,6-7H2,1H3,(H,16,20). The molecule has 0 bridgehead atoms. The predicted octanol–water partition coefficient (Wildman–Crippen LogP) is 0.591. The van der Waals surface area contributed by atoms with E-state index >= 15 is 0 Å². The maximum absolute atomic E-state index is 11.9. The molecule has 1 saturated heterocycles. The van der Waals surface area contributed by atoms with Gasteiger partial charge in [0.05, 0.1) is 10.5 Å². The molecule has 0 atom stereocenters. The van der Waals surface area contributed by atoms with Gasteiger partial charge in [-0.25, -0.2) is 9.97 Å². The number of halogens is 1. The van der Waals surface area contributed by atoms with Crippen molar-refractivity contribution < 1.29 is 4.79 Å². The molecule has 20 heavy (non-hydrogen) atoms. The third kappa shape index (κ3) is 2.64. The summed E-state index contributed by atoms with van der Waals surface area (Å²) in [6.45, 7) is 1.42. The molecule has 0 saturated carbocycles. The number of aryl methyl sites for hydroxylation is 1. The predicted molar refractivity (Wildman–Crippen MR) is 76.4 cm³/mol.